The van der Waals surface area contributed by atoms with Gasteiger partial charge < -0.3 is 9.84 Å². The number of hydrogen-bond acceptors (Lipinski definition) is 6. The number of nitro benzene ring substituents is 1. The Labute approximate surface area is 116 Å². The standard InChI is InChI=1S/C11H16N2O6S/c1-8-10(13(15)16)4-3-5-11(8)20(17,18)12-6-9(14)7-19-2/h3-5,9,12,14H,6-7H2,1-2H3. The summed E-state index contributed by atoms with van der Waals surface area (Å²) in [5.74, 6) is 0. The lowest BCUT2D eigenvalue weighted by Crippen LogP contribution is -2.34. The van der Waals surface area contributed by atoms with E-state index in [1.807, 2.05) is 0 Å². The van der Waals surface area contributed by atoms with Gasteiger partial charge in [-0.2, -0.15) is 0 Å². The molecule has 0 saturated carbocycles. The maximum absolute atomic E-state index is 12.1. The van der Waals surface area contributed by atoms with Gasteiger partial charge in [0.15, 0.2) is 0 Å². The Morgan fingerprint density at radius 2 is 2.15 bits per heavy atom. The van der Waals surface area contributed by atoms with E-state index in [2.05, 4.69) is 9.46 Å². The van der Waals surface area contributed by atoms with E-state index >= 15 is 0 Å². The van der Waals surface area contributed by atoms with Gasteiger partial charge in [-0.25, -0.2) is 13.1 Å². The van der Waals surface area contributed by atoms with Crippen LogP contribution in [0.25, 0.3) is 0 Å². The SMILES string of the molecule is COCC(O)CNS(=O)(=O)c1cccc([N+](=O)[O-])c1C. The monoisotopic (exact) mass is 304 g/mol. The van der Waals surface area contributed by atoms with E-state index in [9.17, 15) is 23.6 Å². The Bertz CT molecular complexity index is 587. The van der Waals surface area contributed by atoms with Gasteiger partial charge in [0, 0.05) is 25.3 Å². The first-order valence-electron chi connectivity index (χ1n) is 5.70. The molecule has 0 spiro atoms. The molecule has 2 N–H and O–H groups in total. The van der Waals surface area contributed by atoms with Gasteiger partial charge in [0.25, 0.3) is 5.69 Å². The van der Waals surface area contributed by atoms with Crippen molar-refractivity contribution in [3.8, 4) is 0 Å². The number of rotatable bonds is 7. The van der Waals surface area contributed by atoms with Gasteiger partial charge in [-0.05, 0) is 13.0 Å². The van der Waals surface area contributed by atoms with E-state index in [0.717, 1.165) is 0 Å². The van der Waals surface area contributed by atoms with Crippen LogP contribution in [0.4, 0.5) is 5.69 Å². The lowest BCUT2D eigenvalue weighted by Gasteiger charge is -2.12. The van der Waals surface area contributed by atoms with Gasteiger partial charge >= 0.3 is 0 Å². The van der Waals surface area contributed by atoms with Crippen LogP contribution in [-0.4, -0.2) is 44.8 Å². The molecule has 20 heavy (non-hydrogen) atoms. The van der Waals surface area contributed by atoms with Crippen LogP contribution >= 0.6 is 0 Å². The van der Waals surface area contributed by atoms with E-state index in [4.69, 9.17) is 0 Å². The summed E-state index contributed by atoms with van der Waals surface area (Å²) in [5.41, 5.74) is -0.225. The fourth-order valence-corrected chi connectivity index (χ4v) is 2.96. The molecule has 0 amide bonds. The molecule has 1 aromatic rings. The average Bonchev–Trinajstić information content (AvgIpc) is 2.36. The number of ether oxygens (including phenoxy) is 1. The molecular weight excluding hydrogens is 288 g/mol. The van der Waals surface area contributed by atoms with Gasteiger partial charge in [0.2, 0.25) is 10.0 Å². The summed E-state index contributed by atoms with van der Waals surface area (Å²) in [6, 6.07) is 3.80. The third-order valence-electron chi connectivity index (χ3n) is 2.61. The lowest BCUT2D eigenvalue weighted by molar-refractivity contribution is -0.385. The number of aliphatic hydroxyl groups is 1. The highest BCUT2D eigenvalue weighted by Gasteiger charge is 2.23. The molecule has 0 heterocycles. The van der Waals surface area contributed by atoms with E-state index in [1.165, 1.54) is 32.2 Å². The predicted molar refractivity (Wildman–Crippen MR) is 70.9 cm³/mol. The molecule has 1 unspecified atom stereocenters. The predicted octanol–water partition coefficient (Wildman–Crippen LogP) is 0.189. The van der Waals surface area contributed by atoms with E-state index in [1.54, 1.807) is 0 Å². The topological polar surface area (TPSA) is 119 Å². The molecule has 0 radical (unpaired) electrons. The normalized spacial score (nSPS) is 13.2. The van der Waals surface area contributed by atoms with E-state index in [-0.39, 0.29) is 29.3 Å². The van der Waals surface area contributed by atoms with Crippen molar-refractivity contribution in [1.29, 1.82) is 0 Å². The molecule has 0 aromatic heterocycles. The molecule has 0 fully saturated rings. The highest BCUT2D eigenvalue weighted by atomic mass is 32.2. The summed E-state index contributed by atoms with van der Waals surface area (Å²) in [4.78, 5) is 9.96. The van der Waals surface area contributed by atoms with Crippen LogP contribution in [0.15, 0.2) is 23.1 Å². The number of methoxy groups -OCH3 is 1. The number of aliphatic hydroxyl groups excluding tert-OH is 1. The molecule has 0 aliphatic carbocycles. The summed E-state index contributed by atoms with van der Waals surface area (Å²) in [5, 5.41) is 20.2. The molecule has 8 nitrogen and oxygen atoms in total. The molecule has 0 aliphatic heterocycles. The van der Waals surface area contributed by atoms with Gasteiger partial charge in [0.05, 0.1) is 22.5 Å². The van der Waals surface area contributed by atoms with Crippen LogP contribution in [0, 0.1) is 17.0 Å². The minimum atomic E-state index is -3.93. The molecule has 9 heteroatoms. The van der Waals surface area contributed by atoms with Crippen molar-refractivity contribution in [3.05, 3.63) is 33.9 Å². The summed E-state index contributed by atoms with van der Waals surface area (Å²) < 4.78 is 31.0. The van der Waals surface area contributed by atoms with Crippen LogP contribution in [0.5, 0.6) is 0 Å². The first-order chi connectivity index (χ1) is 9.29. The summed E-state index contributed by atoms with van der Waals surface area (Å²) in [7, 11) is -2.55. The highest BCUT2D eigenvalue weighted by molar-refractivity contribution is 7.89. The maximum Gasteiger partial charge on any atom is 0.273 e. The number of benzene rings is 1. The van der Waals surface area contributed by atoms with Crippen molar-refractivity contribution >= 4 is 15.7 Å². The average molecular weight is 304 g/mol. The zero-order chi connectivity index (χ0) is 15.3. The molecule has 0 aliphatic rings. The van der Waals surface area contributed by atoms with E-state index in [0.29, 0.717) is 0 Å². The number of nitrogens with one attached hydrogen (secondary N) is 1. The summed E-state index contributed by atoms with van der Waals surface area (Å²) >= 11 is 0. The molecule has 0 bridgehead atoms. The Kier molecular flexibility index (Phi) is 5.57. The van der Waals surface area contributed by atoms with Gasteiger partial charge in [0.1, 0.15) is 0 Å². The zero-order valence-electron chi connectivity index (χ0n) is 11.1. The second-order valence-electron chi connectivity index (χ2n) is 4.12. The fraction of sp³-hybridized carbons (Fsp3) is 0.455. The van der Waals surface area contributed by atoms with Crippen molar-refractivity contribution < 1.29 is 23.2 Å². The fourth-order valence-electron chi connectivity index (χ4n) is 1.63. The van der Waals surface area contributed by atoms with Crippen molar-refractivity contribution in [3.63, 3.8) is 0 Å². The first-order valence-corrected chi connectivity index (χ1v) is 7.18. The summed E-state index contributed by atoms with van der Waals surface area (Å²) in [6.45, 7) is 1.10. The Morgan fingerprint density at radius 3 is 2.70 bits per heavy atom. The second kappa shape index (κ2) is 6.75. The van der Waals surface area contributed by atoms with Crippen molar-refractivity contribution in [2.45, 2.75) is 17.9 Å². The smallest absolute Gasteiger partial charge is 0.273 e. The number of nitrogens with zero attached hydrogens (tertiary/aromatic N) is 1. The van der Waals surface area contributed by atoms with Crippen molar-refractivity contribution in [2.24, 2.45) is 0 Å². The van der Waals surface area contributed by atoms with Crippen LogP contribution in [0.2, 0.25) is 0 Å². The molecule has 112 valence electrons. The van der Waals surface area contributed by atoms with Gasteiger partial charge in [-0.3, -0.25) is 10.1 Å². The third-order valence-corrected chi connectivity index (χ3v) is 4.18. The first kappa shape index (κ1) is 16.5. The number of nitro groups is 1. The Morgan fingerprint density at radius 1 is 1.50 bits per heavy atom. The Hall–Kier alpha value is -1.55. The lowest BCUT2D eigenvalue weighted by atomic mass is 10.2. The maximum atomic E-state index is 12.1. The molecule has 1 atom stereocenters. The molecular formula is C11H16N2O6S. The van der Waals surface area contributed by atoms with Gasteiger partial charge in [-0.1, -0.05) is 6.07 Å². The quantitative estimate of drug-likeness (QED) is 0.548. The number of sulfonamides is 1. The third kappa shape index (κ3) is 3.97. The van der Waals surface area contributed by atoms with E-state index < -0.39 is 21.1 Å². The molecule has 1 aromatic carbocycles. The minimum absolute atomic E-state index is 0.0174. The van der Waals surface area contributed by atoms with Gasteiger partial charge in [-0.15, -0.1) is 0 Å². The number of hydrogen-bond donors (Lipinski definition) is 2. The molecule has 1 rings (SSSR count). The zero-order valence-corrected chi connectivity index (χ0v) is 11.9. The van der Waals surface area contributed by atoms with Crippen LogP contribution in [-0.2, 0) is 14.8 Å². The summed E-state index contributed by atoms with van der Waals surface area (Å²) in [6.07, 6.45) is -0.992. The largest absolute Gasteiger partial charge is 0.389 e. The van der Waals surface area contributed by atoms with Crippen molar-refractivity contribution in [2.75, 3.05) is 20.3 Å². The minimum Gasteiger partial charge on any atom is -0.389 e. The van der Waals surface area contributed by atoms with Crippen LogP contribution < -0.4 is 4.72 Å². The molecule has 0 saturated heterocycles. The van der Waals surface area contributed by atoms with Crippen LogP contribution in [0.3, 0.4) is 0 Å². The van der Waals surface area contributed by atoms with Crippen LogP contribution in [0.1, 0.15) is 5.56 Å². The van der Waals surface area contributed by atoms with Crippen molar-refractivity contribution in [1.82, 2.24) is 4.72 Å². The highest BCUT2D eigenvalue weighted by Crippen LogP contribution is 2.24. The second-order valence-corrected chi connectivity index (χ2v) is 5.85. The Balaban J connectivity index is 2.99.